The molecule has 5 heteroatoms. The second-order valence-electron chi connectivity index (χ2n) is 3.97. The van der Waals surface area contributed by atoms with Gasteiger partial charge in [-0.05, 0) is 41.9 Å². The summed E-state index contributed by atoms with van der Waals surface area (Å²) in [6.45, 7) is 2.01. The largest absolute Gasteiger partial charge is 0.375 e. The van der Waals surface area contributed by atoms with Gasteiger partial charge in [-0.2, -0.15) is 5.10 Å². The first-order chi connectivity index (χ1) is 9.18. The van der Waals surface area contributed by atoms with Crippen LogP contribution in [0.4, 0.5) is 0 Å². The summed E-state index contributed by atoms with van der Waals surface area (Å²) in [6, 6.07) is 12.1. The van der Waals surface area contributed by atoms with Gasteiger partial charge in [-0.15, -0.1) is 0 Å². The molecule has 0 aliphatic rings. The number of hydrazone groups is 1. The highest BCUT2D eigenvalue weighted by Crippen LogP contribution is 2.23. The van der Waals surface area contributed by atoms with Crippen LogP contribution in [0.3, 0.4) is 0 Å². The maximum absolute atomic E-state index is 5.30. The summed E-state index contributed by atoms with van der Waals surface area (Å²) in [5.74, 6) is 0. The van der Waals surface area contributed by atoms with Crippen LogP contribution in [0.1, 0.15) is 11.3 Å². The summed E-state index contributed by atoms with van der Waals surface area (Å²) < 4.78 is 0. The molecule has 0 saturated carbocycles. The highest BCUT2D eigenvalue weighted by Gasteiger charge is 2.05. The molecule has 1 heterocycles. The first-order valence-electron chi connectivity index (χ1n) is 5.78. The number of hydrogen-bond donors (Lipinski definition) is 2. The maximum Gasteiger partial charge on any atom is 0.184 e. The van der Waals surface area contributed by atoms with Crippen molar-refractivity contribution in [1.29, 1.82) is 0 Å². The van der Waals surface area contributed by atoms with Gasteiger partial charge in [0.1, 0.15) is 0 Å². The van der Waals surface area contributed by atoms with Crippen molar-refractivity contribution >= 4 is 23.5 Å². The quantitative estimate of drug-likeness (QED) is 0.510. The van der Waals surface area contributed by atoms with E-state index in [1.165, 1.54) is 0 Å². The number of nitrogens with one attached hydrogen (secondary N) is 1. The molecule has 0 saturated heterocycles. The van der Waals surface area contributed by atoms with Crippen LogP contribution >= 0.6 is 12.2 Å². The number of pyridine rings is 1. The van der Waals surface area contributed by atoms with Gasteiger partial charge in [0.05, 0.1) is 11.9 Å². The van der Waals surface area contributed by atoms with Gasteiger partial charge in [-0.25, -0.2) is 0 Å². The molecule has 4 nitrogen and oxygen atoms in total. The van der Waals surface area contributed by atoms with Gasteiger partial charge in [0, 0.05) is 6.20 Å². The Kier molecular flexibility index (Phi) is 4.20. The van der Waals surface area contributed by atoms with Crippen molar-refractivity contribution in [2.75, 3.05) is 0 Å². The molecule has 1 aromatic carbocycles. The highest BCUT2D eigenvalue weighted by molar-refractivity contribution is 7.80. The second kappa shape index (κ2) is 6.06. The minimum atomic E-state index is 0.133. The Morgan fingerprint density at radius 1 is 1.32 bits per heavy atom. The fourth-order valence-corrected chi connectivity index (χ4v) is 1.82. The van der Waals surface area contributed by atoms with Gasteiger partial charge in [0.15, 0.2) is 5.11 Å². The van der Waals surface area contributed by atoms with Crippen molar-refractivity contribution in [3.8, 4) is 11.1 Å². The fourth-order valence-electron chi connectivity index (χ4n) is 1.77. The van der Waals surface area contributed by atoms with E-state index in [1.54, 1.807) is 12.4 Å². The van der Waals surface area contributed by atoms with Gasteiger partial charge in [-0.3, -0.25) is 10.4 Å². The number of nitrogens with zero attached hydrogens (tertiary/aromatic N) is 2. The third-order valence-electron chi connectivity index (χ3n) is 2.69. The summed E-state index contributed by atoms with van der Waals surface area (Å²) in [5, 5.41) is 4.07. The topological polar surface area (TPSA) is 63.3 Å². The van der Waals surface area contributed by atoms with Gasteiger partial charge >= 0.3 is 0 Å². The number of aromatic nitrogens is 1. The lowest BCUT2D eigenvalue weighted by atomic mass is 10.0. The summed E-state index contributed by atoms with van der Waals surface area (Å²) in [4.78, 5) is 4.29. The van der Waals surface area contributed by atoms with Gasteiger partial charge in [0.25, 0.3) is 0 Å². The summed E-state index contributed by atoms with van der Waals surface area (Å²) in [7, 11) is 0. The molecule has 0 radical (unpaired) electrons. The standard InChI is InChI=1S/C14H14N4S/c1-10-12(11-5-3-2-4-6-11)7-8-16-13(10)9-17-18-14(15)19/h2-9H,1H3,(H3,15,18,19)/b17-9-. The molecule has 0 aliphatic heterocycles. The van der Waals surface area contributed by atoms with Crippen LogP contribution < -0.4 is 11.2 Å². The SMILES string of the molecule is Cc1c(-c2ccccc2)ccnc1/C=N\NC(N)=S. The zero-order chi connectivity index (χ0) is 13.7. The van der Waals surface area contributed by atoms with E-state index in [0.717, 1.165) is 22.4 Å². The predicted molar refractivity (Wildman–Crippen MR) is 81.9 cm³/mol. The Balaban J connectivity index is 2.33. The second-order valence-corrected chi connectivity index (χ2v) is 4.41. The van der Waals surface area contributed by atoms with Crippen molar-refractivity contribution in [3.63, 3.8) is 0 Å². The van der Waals surface area contributed by atoms with Crippen LogP contribution in [0.2, 0.25) is 0 Å². The molecule has 2 rings (SSSR count). The summed E-state index contributed by atoms with van der Waals surface area (Å²) in [6.07, 6.45) is 3.37. The lowest BCUT2D eigenvalue weighted by Crippen LogP contribution is -2.24. The Morgan fingerprint density at radius 3 is 2.74 bits per heavy atom. The Bertz CT molecular complexity index is 608. The zero-order valence-electron chi connectivity index (χ0n) is 10.5. The fraction of sp³-hybridized carbons (Fsp3) is 0.0714. The molecule has 0 bridgehead atoms. The molecular formula is C14H14N4S. The number of thiocarbonyl (C=S) groups is 1. The lowest BCUT2D eigenvalue weighted by Gasteiger charge is -2.07. The molecule has 0 spiro atoms. The van der Waals surface area contributed by atoms with Crippen LogP contribution in [0, 0.1) is 6.92 Å². The van der Waals surface area contributed by atoms with E-state index < -0.39 is 0 Å². The average Bonchev–Trinajstić information content (AvgIpc) is 2.41. The van der Waals surface area contributed by atoms with Crippen LogP contribution in [0.5, 0.6) is 0 Å². The van der Waals surface area contributed by atoms with Crippen molar-refractivity contribution in [3.05, 3.63) is 53.9 Å². The zero-order valence-corrected chi connectivity index (χ0v) is 11.3. The normalized spacial score (nSPS) is 10.6. The lowest BCUT2D eigenvalue weighted by molar-refractivity contribution is 1.04. The van der Waals surface area contributed by atoms with E-state index in [2.05, 4.69) is 39.9 Å². The molecule has 0 amide bonds. The maximum atomic E-state index is 5.30. The van der Waals surface area contributed by atoms with Crippen LogP contribution in [-0.2, 0) is 0 Å². The van der Waals surface area contributed by atoms with E-state index in [0.29, 0.717) is 0 Å². The van der Waals surface area contributed by atoms with Crippen LogP contribution in [0.25, 0.3) is 11.1 Å². The molecule has 1 aromatic heterocycles. The van der Waals surface area contributed by atoms with Crippen LogP contribution in [-0.4, -0.2) is 16.3 Å². The van der Waals surface area contributed by atoms with E-state index in [1.807, 2.05) is 31.2 Å². The van der Waals surface area contributed by atoms with Crippen molar-refractivity contribution in [2.45, 2.75) is 6.92 Å². The van der Waals surface area contributed by atoms with E-state index in [4.69, 9.17) is 5.73 Å². The molecule has 19 heavy (non-hydrogen) atoms. The van der Waals surface area contributed by atoms with Crippen LogP contribution in [0.15, 0.2) is 47.7 Å². The number of nitrogens with two attached hydrogens (primary N) is 1. The molecule has 0 aliphatic carbocycles. The Labute approximate surface area is 117 Å². The molecule has 96 valence electrons. The smallest absolute Gasteiger partial charge is 0.184 e. The number of rotatable bonds is 3. The molecule has 2 aromatic rings. The number of hydrogen-bond acceptors (Lipinski definition) is 3. The first kappa shape index (κ1) is 13.2. The van der Waals surface area contributed by atoms with Gasteiger partial charge < -0.3 is 5.73 Å². The molecule has 0 unspecified atom stereocenters. The average molecular weight is 270 g/mol. The van der Waals surface area contributed by atoms with E-state index >= 15 is 0 Å². The molecule has 0 fully saturated rings. The minimum Gasteiger partial charge on any atom is -0.375 e. The van der Waals surface area contributed by atoms with E-state index in [9.17, 15) is 0 Å². The molecular weight excluding hydrogens is 256 g/mol. The summed E-state index contributed by atoms with van der Waals surface area (Å²) >= 11 is 4.68. The van der Waals surface area contributed by atoms with Gasteiger partial charge in [-0.1, -0.05) is 30.3 Å². The third kappa shape index (κ3) is 3.35. The highest BCUT2D eigenvalue weighted by atomic mass is 32.1. The molecule has 0 atom stereocenters. The third-order valence-corrected chi connectivity index (χ3v) is 2.78. The minimum absolute atomic E-state index is 0.133. The Hall–Kier alpha value is -2.27. The van der Waals surface area contributed by atoms with Crippen molar-refractivity contribution < 1.29 is 0 Å². The van der Waals surface area contributed by atoms with Crippen molar-refractivity contribution in [1.82, 2.24) is 10.4 Å². The summed E-state index contributed by atoms with van der Waals surface area (Å²) in [5.41, 5.74) is 11.9. The van der Waals surface area contributed by atoms with Crippen molar-refractivity contribution in [2.24, 2.45) is 10.8 Å². The molecule has 3 N–H and O–H groups in total. The van der Waals surface area contributed by atoms with E-state index in [-0.39, 0.29) is 5.11 Å². The first-order valence-corrected chi connectivity index (χ1v) is 6.19. The van der Waals surface area contributed by atoms with Gasteiger partial charge in [0.2, 0.25) is 0 Å². The predicted octanol–water partition coefficient (Wildman–Crippen LogP) is 2.22. The number of benzene rings is 1. The Morgan fingerprint density at radius 2 is 2.05 bits per heavy atom. The monoisotopic (exact) mass is 270 g/mol.